The number of halogens is 1. The van der Waals surface area contributed by atoms with E-state index in [1.807, 2.05) is 54.7 Å². The first-order chi connectivity index (χ1) is 15.7. The minimum Gasteiger partial charge on any atom is -0.492 e. The molecule has 0 N–H and O–H groups in total. The van der Waals surface area contributed by atoms with Gasteiger partial charge in [0, 0.05) is 30.9 Å². The van der Waals surface area contributed by atoms with Gasteiger partial charge in [0.1, 0.15) is 12.4 Å². The molecule has 3 aromatic rings. The van der Waals surface area contributed by atoms with E-state index in [1.165, 1.54) is 18.4 Å². The lowest BCUT2D eigenvalue weighted by Gasteiger charge is -2.56. The molecule has 5 rings (SSSR count). The van der Waals surface area contributed by atoms with Crippen LogP contribution in [0, 0.1) is 5.41 Å². The van der Waals surface area contributed by atoms with Crippen molar-refractivity contribution in [3.63, 3.8) is 0 Å². The molecule has 1 aromatic heterocycles. The Labute approximate surface area is 195 Å². The van der Waals surface area contributed by atoms with Gasteiger partial charge in [-0.1, -0.05) is 48.0 Å². The molecule has 2 aromatic carbocycles. The third-order valence-corrected chi connectivity index (χ3v) is 7.18. The largest absolute Gasteiger partial charge is 0.492 e. The smallest absolute Gasteiger partial charge is 0.119 e. The van der Waals surface area contributed by atoms with Crippen LogP contribution in [0.2, 0.25) is 5.02 Å². The van der Waals surface area contributed by atoms with Gasteiger partial charge in [-0.25, -0.2) is 0 Å². The topological polar surface area (TPSA) is 28.6 Å². The van der Waals surface area contributed by atoms with Crippen LogP contribution >= 0.6 is 11.6 Å². The summed E-state index contributed by atoms with van der Waals surface area (Å²) in [6, 6.07) is 24.7. The summed E-state index contributed by atoms with van der Waals surface area (Å²) in [6.07, 6.45) is 4.40. The average molecular weight is 448 g/mol. The summed E-state index contributed by atoms with van der Waals surface area (Å²) >= 11 is 6.15. The van der Waals surface area contributed by atoms with Crippen molar-refractivity contribution in [3.05, 3.63) is 95.3 Å². The van der Waals surface area contributed by atoms with Crippen LogP contribution in [0.4, 0.5) is 0 Å². The van der Waals surface area contributed by atoms with Gasteiger partial charge >= 0.3 is 0 Å². The van der Waals surface area contributed by atoms with Crippen LogP contribution in [-0.2, 0) is 0 Å². The van der Waals surface area contributed by atoms with Gasteiger partial charge in [-0.15, -0.1) is 0 Å². The number of hydrogen-bond donors (Lipinski definition) is 0. The fourth-order valence-corrected chi connectivity index (χ4v) is 5.25. The van der Waals surface area contributed by atoms with Crippen molar-refractivity contribution in [1.82, 2.24) is 14.8 Å². The van der Waals surface area contributed by atoms with Crippen molar-refractivity contribution in [2.45, 2.75) is 18.9 Å². The Morgan fingerprint density at radius 2 is 1.62 bits per heavy atom. The number of aromatic nitrogens is 1. The van der Waals surface area contributed by atoms with Crippen molar-refractivity contribution < 1.29 is 4.74 Å². The minimum absolute atomic E-state index is 0.191. The standard InChI is InChI=1S/C27H30ClN3O/c28-23-11-9-22(10-12-23)26(25-8-4-5-15-29-25)31-20-27(21-31)13-16-30(17-14-27)18-19-32-24-6-2-1-3-7-24/h1-12,15,26H,13-14,16-21H2/t26-/m0/s1. The number of pyridine rings is 1. The highest BCUT2D eigenvalue weighted by Crippen LogP contribution is 2.45. The highest BCUT2D eigenvalue weighted by atomic mass is 35.5. The van der Waals surface area contributed by atoms with E-state index in [0.717, 1.165) is 55.8 Å². The lowest BCUT2D eigenvalue weighted by molar-refractivity contribution is -0.0640. The molecule has 5 heteroatoms. The molecule has 0 radical (unpaired) electrons. The summed E-state index contributed by atoms with van der Waals surface area (Å²) in [5, 5.41) is 0.775. The maximum atomic E-state index is 6.15. The quantitative estimate of drug-likeness (QED) is 0.491. The SMILES string of the molecule is Clc1ccc([C@@H](c2ccccn2)N2CC3(CCN(CCOc4ccccc4)CC3)C2)cc1. The Morgan fingerprint density at radius 3 is 2.31 bits per heavy atom. The van der Waals surface area contributed by atoms with Crippen molar-refractivity contribution in [2.24, 2.45) is 5.41 Å². The second-order valence-corrected chi connectivity index (χ2v) is 9.55. The van der Waals surface area contributed by atoms with Gasteiger partial charge in [0.2, 0.25) is 0 Å². The van der Waals surface area contributed by atoms with Gasteiger partial charge in [0.15, 0.2) is 0 Å². The van der Waals surface area contributed by atoms with Crippen LogP contribution in [-0.4, -0.2) is 54.1 Å². The molecule has 1 atom stereocenters. The second-order valence-electron chi connectivity index (χ2n) is 9.12. The number of nitrogens with zero attached hydrogens (tertiary/aromatic N) is 3. The van der Waals surface area contributed by atoms with Crippen LogP contribution in [0.5, 0.6) is 5.75 Å². The number of hydrogen-bond acceptors (Lipinski definition) is 4. The molecule has 0 aliphatic carbocycles. The van der Waals surface area contributed by atoms with E-state index in [4.69, 9.17) is 16.3 Å². The van der Waals surface area contributed by atoms with Crippen molar-refractivity contribution in [1.29, 1.82) is 0 Å². The Morgan fingerprint density at radius 1 is 0.906 bits per heavy atom. The molecule has 4 nitrogen and oxygen atoms in total. The molecule has 32 heavy (non-hydrogen) atoms. The van der Waals surface area contributed by atoms with E-state index < -0.39 is 0 Å². The highest BCUT2D eigenvalue weighted by molar-refractivity contribution is 6.30. The van der Waals surface area contributed by atoms with Crippen LogP contribution in [0.15, 0.2) is 79.0 Å². The summed E-state index contributed by atoms with van der Waals surface area (Å²) in [7, 11) is 0. The second kappa shape index (κ2) is 9.62. The van der Waals surface area contributed by atoms with Gasteiger partial charge in [0.25, 0.3) is 0 Å². The average Bonchev–Trinajstić information content (AvgIpc) is 2.82. The zero-order valence-corrected chi connectivity index (χ0v) is 19.1. The lowest BCUT2D eigenvalue weighted by atomic mass is 9.70. The molecule has 0 amide bonds. The van der Waals surface area contributed by atoms with E-state index in [0.29, 0.717) is 5.41 Å². The van der Waals surface area contributed by atoms with E-state index in [9.17, 15) is 0 Å². The van der Waals surface area contributed by atoms with Crippen LogP contribution < -0.4 is 4.74 Å². The number of piperidine rings is 1. The highest BCUT2D eigenvalue weighted by Gasteiger charge is 2.47. The summed E-state index contributed by atoms with van der Waals surface area (Å²) in [6.45, 7) is 6.32. The summed E-state index contributed by atoms with van der Waals surface area (Å²) < 4.78 is 5.89. The van der Waals surface area contributed by atoms with Crippen LogP contribution in [0.3, 0.4) is 0 Å². The number of benzene rings is 2. The Balaban J connectivity index is 1.17. The van der Waals surface area contributed by atoms with E-state index in [1.54, 1.807) is 0 Å². The molecule has 0 unspecified atom stereocenters. The molecule has 3 heterocycles. The molecule has 0 bridgehead atoms. The molecular weight excluding hydrogens is 418 g/mol. The number of ether oxygens (including phenoxy) is 1. The maximum absolute atomic E-state index is 6.15. The first-order valence-corrected chi connectivity index (χ1v) is 11.9. The third kappa shape index (κ3) is 4.83. The first-order valence-electron chi connectivity index (χ1n) is 11.5. The zero-order valence-electron chi connectivity index (χ0n) is 18.4. The molecule has 166 valence electrons. The Kier molecular flexibility index (Phi) is 6.44. The van der Waals surface area contributed by atoms with Gasteiger partial charge in [-0.05, 0) is 73.3 Å². The molecular formula is C27H30ClN3O. The molecule has 2 aliphatic heterocycles. The van der Waals surface area contributed by atoms with E-state index in [-0.39, 0.29) is 6.04 Å². The minimum atomic E-state index is 0.191. The summed E-state index contributed by atoms with van der Waals surface area (Å²) in [5.41, 5.74) is 2.81. The van der Waals surface area contributed by atoms with Gasteiger partial charge in [-0.3, -0.25) is 14.8 Å². The summed E-state index contributed by atoms with van der Waals surface area (Å²) in [5.74, 6) is 0.957. The number of likely N-dealkylation sites (tertiary alicyclic amines) is 2. The summed E-state index contributed by atoms with van der Waals surface area (Å²) in [4.78, 5) is 9.82. The Bertz CT molecular complexity index is 980. The Hall–Kier alpha value is -2.40. The molecule has 2 aliphatic rings. The fraction of sp³-hybridized carbons (Fsp3) is 0.370. The zero-order chi connectivity index (χ0) is 21.8. The predicted octanol–water partition coefficient (Wildman–Crippen LogP) is 5.30. The van der Waals surface area contributed by atoms with Crippen LogP contribution in [0.25, 0.3) is 0 Å². The predicted molar refractivity (Wildman–Crippen MR) is 129 cm³/mol. The van der Waals surface area contributed by atoms with Gasteiger partial charge in [-0.2, -0.15) is 0 Å². The van der Waals surface area contributed by atoms with Crippen molar-refractivity contribution >= 4 is 11.6 Å². The van der Waals surface area contributed by atoms with Crippen molar-refractivity contribution in [2.75, 3.05) is 39.3 Å². The van der Waals surface area contributed by atoms with Gasteiger partial charge in [0.05, 0.1) is 11.7 Å². The lowest BCUT2D eigenvalue weighted by Crippen LogP contribution is -2.61. The number of rotatable bonds is 7. The third-order valence-electron chi connectivity index (χ3n) is 6.93. The first kappa shape index (κ1) is 21.4. The molecule has 1 spiro atoms. The molecule has 0 saturated carbocycles. The molecule has 2 saturated heterocycles. The van der Waals surface area contributed by atoms with E-state index in [2.05, 4.69) is 39.0 Å². The van der Waals surface area contributed by atoms with E-state index >= 15 is 0 Å². The number of para-hydroxylation sites is 1. The normalized spacial score (nSPS) is 19.4. The molecule has 2 fully saturated rings. The monoisotopic (exact) mass is 447 g/mol. The van der Waals surface area contributed by atoms with Crippen molar-refractivity contribution in [3.8, 4) is 5.75 Å². The van der Waals surface area contributed by atoms with Gasteiger partial charge < -0.3 is 4.74 Å². The van der Waals surface area contributed by atoms with Crippen LogP contribution in [0.1, 0.15) is 30.1 Å². The fourth-order valence-electron chi connectivity index (χ4n) is 5.13. The maximum Gasteiger partial charge on any atom is 0.119 e.